The summed E-state index contributed by atoms with van der Waals surface area (Å²) in [5.41, 5.74) is 2.08. The van der Waals surface area contributed by atoms with Gasteiger partial charge in [-0.2, -0.15) is 0 Å². The van der Waals surface area contributed by atoms with Crippen molar-refractivity contribution in [1.29, 1.82) is 0 Å². The molecule has 1 nitrogen and oxygen atoms in total. The third-order valence-electron chi connectivity index (χ3n) is 1.07. The Morgan fingerprint density at radius 2 is 1.75 bits per heavy atom. The first-order valence-corrected chi connectivity index (χ1v) is 3.65. The maximum atomic E-state index is 3.82. The Morgan fingerprint density at radius 1 is 1.25 bits per heavy atom. The number of allylic oxidation sites excluding steroid dienone is 4. The van der Waals surface area contributed by atoms with Crippen LogP contribution in [0.2, 0.25) is 0 Å². The lowest BCUT2D eigenvalue weighted by Crippen LogP contribution is -1.74. The van der Waals surface area contributed by atoms with Crippen molar-refractivity contribution >= 4 is 6.72 Å². The summed E-state index contributed by atoms with van der Waals surface area (Å²) in [7, 11) is 0. The van der Waals surface area contributed by atoms with Crippen LogP contribution in [0.15, 0.2) is 54.2 Å². The summed E-state index contributed by atoms with van der Waals surface area (Å²) in [5.74, 6) is 0. The standard InChI is InChI=1S/C9H13N.C2H4/c1-5-6-7-9(10-4)8(2)3;1-2/h5-7H,1,4H2,2-3H3;1-2H2/b7-6-;. The molecule has 0 saturated carbocycles. The van der Waals surface area contributed by atoms with Gasteiger partial charge in [-0.3, -0.25) is 4.99 Å². The van der Waals surface area contributed by atoms with Gasteiger partial charge in [0.2, 0.25) is 0 Å². The quantitative estimate of drug-likeness (QED) is 0.343. The maximum absolute atomic E-state index is 3.82. The molecular formula is C11H17N. The van der Waals surface area contributed by atoms with Gasteiger partial charge in [0.1, 0.15) is 0 Å². The fourth-order valence-corrected chi connectivity index (χ4v) is 0.537. The van der Waals surface area contributed by atoms with E-state index < -0.39 is 0 Å². The Balaban J connectivity index is 0. The van der Waals surface area contributed by atoms with E-state index in [1.54, 1.807) is 6.08 Å². The number of rotatable bonds is 3. The predicted octanol–water partition coefficient (Wildman–Crippen LogP) is 3.53. The minimum atomic E-state index is 0.917. The highest BCUT2D eigenvalue weighted by atomic mass is 14.7. The van der Waals surface area contributed by atoms with E-state index in [4.69, 9.17) is 0 Å². The molecule has 0 saturated heterocycles. The molecule has 0 rings (SSSR count). The van der Waals surface area contributed by atoms with Crippen LogP contribution < -0.4 is 0 Å². The van der Waals surface area contributed by atoms with Gasteiger partial charge in [-0.25, -0.2) is 0 Å². The molecule has 0 radical (unpaired) electrons. The lowest BCUT2D eigenvalue weighted by Gasteiger charge is -1.93. The molecule has 0 aliphatic carbocycles. The molecule has 0 atom stereocenters. The van der Waals surface area contributed by atoms with Crippen molar-refractivity contribution in [2.24, 2.45) is 4.99 Å². The zero-order chi connectivity index (χ0) is 9.98. The van der Waals surface area contributed by atoms with Crippen molar-refractivity contribution in [3.05, 3.63) is 49.2 Å². The largest absolute Gasteiger partial charge is 0.265 e. The summed E-state index contributed by atoms with van der Waals surface area (Å²) in [4.78, 5) is 3.82. The van der Waals surface area contributed by atoms with Crippen LogP contribution in [0.4, 0.5) is 0 Å². The van der Waals surface area contributed by atoms with E-state index in [1.165, 1.54) is 0 Å². The Kier molecular flexibility index (Phi) is 10.6. The van der Waals surface area contributed by atoms with Crippen LogP contribution in [0.3, 0.4) is 0 Å². The summed E-state index contributed by atoms with van der Waals surface area (Å²) < 4.78 is 0. The highest BCUT2D eigenvalue weighted by Gasteiger charge is 1.86. The van der Waals surface area contributed by atoms with Crippen LogP contribution in [0, 0.1) is 0 Å². The van der Waals surface area contributed by atoms with E-state index in [0.29, 0.717) is 0 Å². The molecule has 0 aliphatic rings. The van der Waals surface area contributed by atoms with Gasteiger partial charge >= 0.3 is 0 Å². The highest BCUT2D eigenvalue weighted by Crippen LogP contribution is 2.04. The van der Waals surface area contributed by atoms with Gasteiger partial charge < -0.3 is 0 Å². The number of aliphatic imine (C=N–C) groups is 1. The molecule has 0 aromatic rings. The fraction of sp³-hybridized carbons (Fsp3) is 0.182. The average Bonchev–Trinajstić information content (AvgIpc) is 2.09. The molecular weight excluding hydrogens is 146 g/mol. The molecule has 0 amide bonds. The minimum absolute atomic E-state index is 0.917. The molecule has 0 bridgehead atoms. The van der Waals surface area contributed by atoms with Crippen LogP contribution in [-0.2, 0) is 0 Å². The Labute approximate surface area is 75.5 Å². The number of hydrogen-bond acceptors (Lipinski definition) is 1. The summed E-state index contributed by atoms with van der Waals surface area (Å²) in [6, 6.07) is 0. The summed E-state index contributed by atoms with van der Waals surface area (Å²) in [6.45, 7) is 17.0. The molecule has 0 aromatic heterocycles. The molecule has 66 valence electrons. The Morgan fingerprint density at radius 3 is 2.00 bits per heavy atom. The first-order chi connectivity index (χ1) is 5.72. The monoisotopic (exact) mass is 163 g/mol. The molecule has 0 unspecified atom stereocenters. The third kappa shape index (κ3) is 6.75. The summed E-state index contributed by atoms with van der Waals surface area (Å²) in [5, 5.41) is 0. The summed E-state index contributed by atoms with van der Waals surface area (Å²) >= 11 is 0. The fourth-order valence-electron chi connectivity index (χ4n) is 0.537. The van der Waals surface area contributed by atoms with E-state index in [0.717, 1.165) is 11.3 Å². The van der Waals surface area contributed by atoms with E-state index in [-0.39, 0.29) is 0 Å². The predicted molar refractivity (Wildman–Crippen MR) is 58.5 cm³/mol. The Bertz CT molecular complexity index is 193. The van der Waals surface area contributed by atoms with Crippen molar-refractivity contribution < 1.29 is 0 Å². The lowest BCUT2D eigenvalue weighted by atomic mass is 10.2. The van der Waals surface area contributed by atoms with Gasteiger partial charge in [-0.1, -0.05) is 24.3 Å². The van der Waals surface area contributed by atoms with Gasteiger partial charge in [0.05, 0.1) is 5.70 Å². The maximum Gasteiger partial charge on any atom is 0.0608 e. The van der Waals surface area contributed by atoms with Crippen molar-refractivity contribution in [1.82, 2.24) is 0 Å². The van der Waals surface area contributed by atoms with Crippen LogP contribution in [0.25, 0.3) is 0 Å². The van der Waals surface area contributed by atoms with E-state index >= 15 is 0 Å². The first kappa shape index (κ1) is 13.2. The average molecular weight is 163 g/mol. The minimum Gasteiger partial charge on any atom is -0.265 e. The molecule has 12 heavy (non-hydrogen) atoms. The molecule has 1 heteroatoms. The van der Waals surface area contributed by atoms with E-state index in [1.807, 2.05) is 26.0 Å². The smallest absolute Gasteiger partial charge is 0.0608 e. The SMILES string of the molecule is C=C.C=C/C=C\C(N=C)=C(C)C. The number of nitrogens with zero attached hydrogens (tertiary/aromatic N) is 1. The van der Waals surface area contributed by atoms with Gasteiger partial charge in [-0.15, -0.1) is 13.2 Å². The normalized spacial score (nSPS) is 8.17. The number of hydrogen-bond donors (Lipinski definition) is 0. The van der Waals surface area contributed by atoms with Gasteiger partial charge in [0, 0.05) is 0 Å². The van der Waals surface area contributed by atoms with Crippen LogP contribution in [0.5, 0.6) is 0 Å². The summed E-state index contributed by atoms with van der Waals surface area (Å²) in [6.07, 6.45) is 5.44. The van der Waals surface area contributed by atoms with E-state index in [9.17, 15) is 0 Å². The molecule has 0 aliphatic heterocycles. The van der Waals surface area contributed by atoms with Gasteiger partial charge in [0.15, 0.2) is 0 Å². The second-order valence-corrected chi connectivity index (χ2v) is 2.14. The highest BCUT2D eigenvalue weighted by molar-refractivity contribution is 5.35. The topological polar surface area (TPSA) is 12.4 Å². The third-order valence-corrected chi connectivity index (χ3v) is 1.07. The molecule has 0 aromatic carbocycles. The van der Waals surface area contributed by atoms with Crippen molar-refractivity contribution in [3.8, 4) is 0 Å². The van der Waals surface area contributed by atoms with E-state index in [2.05, 4.69) is 31.4 Å². The molecule has 0 N–H and O–H groups in total. The van der Waals surface area contributed by atoms with Crippen LogP contribution in [0.1, 0.15) is 13.8 Å². The van der Waals surface area contributed by atoms with Crippen molar-refractivity contribution in [3.63, 3.8) is 0 Å². The second-order valence-electron chi connectivity index (χ2n) is 2.14. The zero-order valence-corrected chi connectivity index (χ0v) is 8.01. The molecule has 0 heterocycles. The second kappa shape index (κ2) is 9.63. The van der Waals surface area contributed by atoms with Crippen LogP contribution in [-0.4, -0.2) is 6.72 Å². The Hall–Kier alpha value is -1.37. The molecule has 0 spiro atoms. The van der Waals surface area contributed by atoms with Crippen molar-refractivity contribution in [2.45, 2.75) is 13.8 Å². The lowest BCUT2D eigenvalue weighted by molar-refractivity contribution is 1.26. The van der Waals surface area contributed by atoms with Crippen molar-refractivity contribution in [2.75, 3.05) is 0 Å². The zero-order valence-electron chi connectivity index (χ0n) is 8.01. The molecule has 0 fully saturated rings. The van der Waals surface area contributed by atoms with Gasteiger partial charge in [0.25, 0.3) is 0 Å². The van der Waals surface area contributed by atoms with Crippen LogP contribution >= 0.6 is 0 Å². The van der Waals surface area contributed by atoms with Gasteiger partial charge in [-0.05, 0) is 26.6 Å². The first-order valence-electron chi connectivity index (χ1n) is 3.65.